The molecule has 4 aliphatic rings. The summed E-state index contributed by atoms with van der Waals surface area (Å²) in [6, 6.07) is 6.05. The van der Waals surface area contributed by atoms with Crippen LogP contribution in [0.25, 0.3) is 10.9 Å². The van der Waals surface area contributed by atoms with Crippen LogP contribution in [0.15, 0.2) is 18.2 Å². The van der Waals surface area contributed by atoms with Crippen molar-refractivity contribution in [3.8, 4) is 5.75 Å². The highest BCUT2D eigenvalue weighted by Crippen LogP contribution is 2.54. The number of fused-ring (bicyclic) bond motifs is 4. The van der Waals surface area contributed by atoms with Crippen LogP contribution in [-0.2, 0) is 11.8 Å². The number of phenols is 1. The number of rotatable bonds is 2. The number of H-pyrrole nitrogens is 1. The molecular weight excluding hydrogens is 300 g/mol. The molecule has 1 aliphatic carbocycles. The molecule has 4 heterocycles. The number of piperidine rings is 2. The number of aromatic amines is 1. The first-order valence-corrected chi connectivity index (χ1v) is 9.35. The quantitative estimate of drug-likeness (QED) is 0.795. The van der Waals surface area contributed by atoms with Crippen molar-refractivity contribution >= 4 is 10.9 Å². The third kappa shape index (κ3) is 1.76. The van der Waals surface area contributed by atoms with Crippen molar-refractivity contribution in [2.45, 2.75) is 44.1 Å². The smallest absolute Gasteiger partial charge is 0.116 e. The number of phenolic OH excluding ortho intramolecular Hbond substituents is 1. The maximum Gasteiger partial charge on any atom is 0.116 e. The molecule has 6 rings (SSSR count). The van der Waals surface area contributed by atoms with Crippen molar-refractivity contribution in [3.63, 3.8) is 0 Å². The predicted molar refractivity (Wildman–Crippen MR) is 94.3 cm³/mol. The Morgan fingerprint density at radius 1 is 1.38 bits per heavy atom. The number of nitrogens with one attached hydrogen (secondary N) is 1. The van der Waals surface area contributed by atoms with E-state index in [0.29, 0.717) is 23.6 Å². The van der Waals surface area contributed by atoms with Crippen LogP contribution < -0.4 is 0 Å². The van der Waals surface area contributed by atoms with Crippen LogP contribution >= 0.6 is 0 Å². The molecule has 1 aromatic heterocycles. The second kappa shape index (κ2) is 4.99. The molecule has 4 heteroatoms. The van der Waals surface area contributed by atoms with Crippen LogP contribution in [0.3, 0.4) is 0 Å². The molecule has 2 unspecified atom stereocenters. The second-order valence-electron chi connectivity index (χ2n) is 8.19. The molecule has 1 aromatic carbocycles. The molecule has 4 nitrogen and oxygen atoms in total. The first-order chi connectivity index (χ1) is 11.7. The van der Waals surface area contributed by atoms with Gasteiger partial charge in [-0.05, 0) is 54.9 Å². The highest BCUT2D eigenvalue weighted by molar-refractivity contribution is 5.86. The van der Waals surface area contributed by atoms with Gasteiger partial charge in [-0.15, -0.1) is 0 Å². The Morgan fingerprint density at radius 3 is 3.04 bits per heavy atom. The van der Waals surface area contributed by atoms with Crippen molar-refractivity contribution in [3.05, 3.63) is 29.5 Å². The largest absolute Gasteiger partial charge is 0.508 e. The fraction of sp³-hybridized carbons (Fsp3) is 0.600. The monoisotopic (exact) mass is 326 g/mol. The summed E-state index contributed by atoms with van der Waals surface area (Å²) in [6.45, 7) is 4.77. The van der Waals surface area contributed by atoms with Gasteiger partial charge >= 0.3 is 0 Å². The molecule has 5 atom stereocenters. The number of hydrogen-bond donors (Lipinski definition) is 3. The van der Waals surface area contributed by atoms with Gasteiger partial charge in [0.25, 0.3) is 0 Å². The van der Waals surface area contributed by atoms with Gasteiger partial charge in [-0.1, -0.05) is 13.3 Å². The van der Waals surface area contributed by atoms with Crippen LogP contribution in [0.2, 0.25) is 0 Å². The van der Waals surface area contributed by atoms with Crippen LogP contribution in [0.4, 0.5) is 0 Å². The lowest BCUT2D eigenvalue weighted by Crippen LogP contribution is -2.65. The van der Waals surface area contributed by atoms with Gasteiger partial charge in [0, 0.05) is 41.1 Å². The van der Waals surface area contributed by atoms with E-state index in [-0.39, 0.29) is 12.0 Å². The number of aliphatic hydroxyl groups is 1. The summed E-state index contributed by atoms with van der Waals surface area (Å²) < 4.78 is 0. The molecule has 0 spiro atoms. The minimum absolute atomic E-state index is 0.164. The van der Waals surface area contributed by atoms with Crippen molar-refractivity contribution in [2.75, 3.05) is 19.7 Å². The Kier molecular flexibility index (Phi) is 3.08. The highest BCUT2D eigenvalue weighted by atomic mass is 16.3. The fourth-order valence-electron chi connectivity index (χ4n) is 6.24. The van der Waals surface area contributed by atoms with E-state index < -0.39 is 0 Å². The molecule has 2 aromatic rings. The van der Waals surface area contributed by atoms with E-state index in [2.05, 4.69) is 16.8 Å². The Morgan fingerprint density at radius 2 is 2.25 bits per heavy atom. The van der Waals surface area contributed by atoms with E-state index in [1.807, 2.05) is 12.1 Å². The molecule has 2 saturated heterocycles. The molecule has 0 radical (unpaired) electrons. The summed E-state index contributed by atoms with van der Waals surface area (Å²) in [7, 11) is 0. The molecule has 1 saturated carbocycles. The van der Waals surface area contributed by atoms with Crippen LogP contribution in [0, 0.1) is 11.8 Å². The van der Waals surface area contributed by atoms with Crippen LogP contribution in [-0.4, -0.2) is 45.8 Å². The lowest BCUT2D eigenvalue weighted by atomic mass is 9.57. The summed E-state index contributed by atoms with van der Waals surface area (Å²) in [4.78, 5) is 6.32. The third-order valence-corrected chi connectivity index (χ3v) is 7.03. The van der Waals surface area contributed by atoms with E-state index in [0.717, 1.165) is 30.3 Å². The van der Waals surface area contributed by atoms with Gasteiger partial charge in [0.1, 0.15) is 5.75 Å². The number of nitrogens with zero attached hydrogens (tertiary/aromatic N) is 1. The van der Waals surface area contributed by atoms with E-state index >= 15 is 0 Å². The summed E-state index contributed by atoms with van der Waals surface area (Å²) in [6.07, 6.45) is 4.60. The number of aromatic nitrogens is 1. The molecule has 4 bridgehead atoms. The van der Waals surface area contributed by atoms with Crippen molar-refractivity contribution < 1.29 is 10.2 Å². The minimum atomic E-state index is -0.164. The van der Waals surface area contributed by atoms with Crippen molar-refractivity contribution in [2.24, 2.45) is 11.8 Å². The standard InChI is InChI=1S/C20H26N2O2/c1-2-13-7-12-9-20(11-23)18-15(5-6-22(10-12)19(13)20)16-8-14(24)3-4-17(16)21-18/h3-4,8,12-13,19,21,23-24H,2,5-7,9-11H2,1H3/t12-,13-,19?,20+/m0/s1. The van der Waals surface area contributed by atoms with Gasteiger partial charge in [-0.2, -0.15) is 0 Å². The Bertz CT molecular complexity index is 798. The zero-order valence-electron chi connectivity index (χ0n) is 14.3. The normalized spacial score (nSPS) is 37.4. The fourth-order valence-corrected chi connectivity index (χ4v) is 6.24. The topological polar surface area (TPSA) is 59.5 Å². The predicted octanol–water partition coefficient (Wildman–Crippen LogP) is 2.78. The zero-order chi connectivity index (χ0) is 16.5. The Hall–Kier alpha value is -1.52. The lowest BCUT2D eigenvalue weighted by Gasteiger charge is -2.59. The van der Waals surface area contributed by atoms with Gasteiger partial charge in [-0.3, -0.25) is 4.90 Å². The van der Waals surface area contributed by atoms with Crippen molar-refractivity contribution in [1.82, 2.24) is 9.88 Å². The van der Waals surface area contributed by atoms with E-state index in [1.54, 1.807) is 6.07 Å². The molecule has 3 fully saturated rings. The van der Waals surface area contributed by atoms with Gasteiger partial charge in [-0.25, -0.2) is 0 Å². The molecule has 128 valence electrons. The average molecular weight is 326 g/mol. The first-order valence-electron chi connectivity index (χ1n) is 9.35. The number of benzene rings is 1. The molecule has 0 amide bonds. The third-order valence-electron chi connectivity index (χ3n) is 7.03. The van der Waals surface area contributed by atoms with E-state index in [9.17, 15) is 10.2 Å². The number of hydrogen-bond acceptors (Lipinski definition) is 3. The van der Waals surface area contributed by atoms with Crippen LogP contribution in [0.5, 0.6) is 5.75 Å². The Labute approximate surface area is 142 Å². The van der Waals surface area contributed by atoms with Gasteiger partial charge in [0.2, 0.25) is 0 Å². The lowest BCUT2D eigenvalue weighted by molar-refractivity contribution is -0.0775. The van der Waals surface area contributed by atoms with E-state index in [1.165, 1.54) is 30.6 Å². The molecule has 3 N–H and O–H groups in total. The Balaban J connectivity index is 1.77. The molecular formula is C20H26N2O2. The van der Waals surface area contributed by atoms with Gasteiger partial charge in [0.05, 0.1) is 6.61 Å². The number of aromatic hydroxyl groups is 1. The summed E-state index contributed by atoms with van der Waals surface area (Å²) in [5.41, 5.74) is 3.50. The summed E-state index contributed by atoms with van der Waals surface area (Å²) >= 11 is 0. The van der Waals surface area contributed by atoms with Crippen LogP contribution in [0.1, 0.15) is 37.4 Å². The maximum absolute atomic E-state index is 10.6. The summed E-state index contributed by atoms with van der Waals surface area (Å²) in [5, 5.41) is 21.7. The van der Waals surface area contributed by atoms with Gasteiger partial charge < -0.3 is 15.2 Å². The van der Waals surface area contributed by atoms with Gasteiger partial charge in [0.15, 0.2) is 0 Å². The molecule has 3 aliphatic heterocycles. The molecule has 24 heavy (non-hydrogen) atoms. The highest BCUT2D eigenvalue weighted by Gasteiger charge is 2.57. The van der Waals surface area contributed by atoms with Crippen molar-refractivity contribution in [1.29, 1.82) is 0 Å². The maximum atomic E-state index is 10.6. The summed E-state index contributed by atoms with van der Waals surface area (Å²) in [5.74, 6) is 1.69. The number of aliphatic hydroxyl groups excluding tert-OH is 1. The zero-order valence-corrected chi connectivity index (χ0v) is 14.3. The SMILES string of the molecule is CC[C@H]1C[C@@H]2CN3CCc4c([nH]c5ccc(O)cc45)[C@](CO)(C2)C13. The van der Waals surface area contributed by atoms with E-state index in [4.69, 9.17) is 0 Å². The second-order valence-corrected chi connectivity index (χ2v) is 8.19. The average Bonchev–Trinajstić information content (AvgIpc) is 2.93. The minimum Gasteiger partial charge on any atom is -0.508 e. The first kappa shape index (κ1) is 14.8.